The SMILES string of the molecule is CCC(Cc1ccccc1)NC=O. The molecule has 1 aromatic rings. The van der Waals surface area contributed by atoms with E-state index >= 15 is 0 Å². The van der Waals surface area contributed by atoms with Gasteiger partial charge in [0.25, 0.3) is 0 Å². The third kappa shape index (κ3) is 3.28. The van der Waals surface area contributed by atoms with Crippen LogP contribution in [0.5, 0.6) is 0 Å². The van der Waals surface area contributed by atoms with Crippen molar-refractivity contribution in [3.05, 3.63) is 35.9 Å². The van der Waals surface area contributed by atoms with Crippen molar-refractivity contribution >= 4 is 6.41 Å². The smallest absolute Gasteiger partial charge is 0.207 e. The molecule has 13 heavy (non-hydrogen) atoms. The first-order valence-corrected chi connectivity index (χ1v) is 4.60. The average molecular weight is 177 g/mol. The molecule has 0 heterocycles. The largest absolute Gasteiger partial charge is 0.356 e. The van der Waals surface area contributed by atoms with E-state index in [1.165, 1.54) is 5.56 Å². The minimum absolute atomic E-state index is 0.264. The lowest BCUT2D eigenvalue weighted by atomic mass is 10.0. The molecule has 0 radical (unpaired) electrons. The Hall–Kier alpha value is -1.31. The van der Waals surface area contributed by atoms with Crippen LogP contribution >= 0.6 is 0 Å². The Morgan fingerprint density at radius 2 is 2.08 bits per heavy atom. The molecule has 0 fully saturated rings. The van der Waals surface area contributed by atoms with Crippen molar-refractivity contribution in [1.82, 2.24) is 5.32 Å². The number of hydrogen-bond acceptors (Lipinski definition) is 1. The van der Waals surface area contributed by atoms with Crippen molar-refractivity contribution in [2.45, 2.75) is 25.8 Å². The van der Waals surface area contributed by atoms with E-state index in [0.29, 0.717) is 0 Å². The molecule has 0 aliphatic rings. The summed E-state index contributed by atoms with van der Waals surface area (Å²) in [6, 6.07) is 10.5. The van der Waals surface area contributed by atoms with Crippen molar-refractivity contribution in [2.75, 3.05) is 0 Å². The summed E-state index contributed by atoms with van der Waals surface area (Å²) in [6.07, 6.45) is 2.65. The van der Waals surface area contributed by atoms with E-state index in [1.54, 1.807) is 0 Å². The van der Waals surface area contributed by atoms with Crippen LogP contribution in [0.3, 0.4) is 0 Å². The van der Waals surface area contributed by atoms with E-state index in [0.717, 1.165) is 19.3 Å². The second-order valence-corrected chi connectivity index (χ2v) is 3.08. The molecule has 0 aromatic heterocycles. The van der Waals surface area contributed by atoms with Gasteiger partial charge in [0.2, 0.25) is 6.41 Å². The van der Waals surface area contributed by atoms with Crippen molar-refractivity contribution in [1.29, 1.82) is 0 Å². The summed E-state index contributed by atoms with van der Waals surface area (Å²) in [4.78, 5) is 10.3. The fourth-order valence-electron chi connectivity index (χ4n) is 1.32. The van der Waals surface area contributed by atoms with Crippen LogP contribution in [0.15, 0.2) is 30.3 Å². The van der Waals surface area contributed by atoms with Gasteiger partial charge in [-0.25, -0.2) is 0 Å². The summed E-state index contributed by atoms with van der Waals surface area (Å²) in [5.41, 5.74) is 1.27. The quantitative estimate of drug-likeness (QED) is 0.682. The van der Waals surface area contributed by atoms with Gasteiger partial charge in [-0.1, -0.05) is 37.3 Å². The number of benzene rings is 1. The standard InChI is InChI=1S/C11H15NO/c1-2-11(12-9-13)8-10-6-4-3-5-7-10/h3-7,9,11H,2,8H2,1H3,(H,12,13). The lowest BCUT2D eigenvalue weighted by Crippen LogP contribution is -2.28. The van der Waals surface area contributed by atoms with Gasteiger partial charge < -0.3 is 5.32 Å². The first kappa shape index (κ1) is 9.78. The summed E-state index contributed by atoms with van der Waals surface area (Å²) in [6.45, 7) is 2.07. The Kier molecular flexibility index (Phi) is 4.03. The van der Waals surface area contributed by atoms with Crippen LogP contribution in [0.1, 0.15) is 18.9 Å². The second kappa shape index (κ2) is 5.36. The predicted molar refractivity (Wildman–Crippen MR) is 53.4 cm³/mol. The molecule has 0 bridgehead atoms. The van der Waals surface area contributed by atoms with Gasteiger partial charge in [-0.05, 0) is 18.4 Å². The summed E-state index contributed by atoms with van der Waals surface area (Å²) in [7, 11) is 0. The highest BCUT2D eigenvalue weighted by molar-refractivity contribution is 5.46. The van der Waals surface area contributed by atoms with Crippen LogP contribution in [0.2, 0.25) is 0 Å². The Morgan fingerprint density at radius 3 is 2.62 bits per heavy atom. The molecule has 2 nitrogen and oxygen atoms in total. The highest BCUT2D eigenvalue weighted by Crippen LogP contribution is 2.04. The van der Waals surface area contributed by atoms with Gasteiger partial charge in [-0.15, -0.1) is 0 Å². The Balaban J connectivity index is 2.51. The van der Waals surface area contributed by atoms with Crippen LogP contribution in [-0.2, 0) is 11.2 Å². The number of nitrogens with one attached hydrogen (secondary N) is 1. The van der Waals surface area contributed by atoms with Crippen molar-refractivity contribution in [3.8, 4) is 0 Å². The maximum absolute atomic E-state index is 10.3. The van der Waals surface area contributed by atoms with Crippen LogP contribution in [0.25, 0.3) is 0 Å². The van der Waals surface area contributed by atoms with Gasteiger partial charge in [-0.2, -0.15) is 0 Å². The summed E-state index contributed by atoms with van der Waals surface area (Å²) < 4.78 is 0. The molecule has 70 valence electrons. The fourth-order valence-corrected chi connectivity index (χ4v) is 1.32. The first-order valence-electron chi connectivity index (χ1n) is 4.60. The van der Waals surface area contributed by atoms with E-state index in [2.05, 4.69) is 24.4 Å². The zero-order chi connectivity index (χ0) is 9.52. The predicted octanol–water partition coefficient (Wildman–Crippen LogP) is 1.75. The molecule has 1 rings (SSSR count). The minimum Gasteiger partial charge on any atom is -0.356 e. The molecule has 1 N–H and O–H groups in total. The van der Waals surface area contributed by atoms with Crippen molar-refractivity contribution in [2.24, 2.45) is 0 Å². The highest BCUT2D eigenvalue weighted by Gasteiger charge is 2.04. The molecule has 0 spiro atoms. The normalized spacial score (nSPS) is 12.1. The maximum atomic E-state index is 10.3. The Labute approximate surface area is 79.0 Å². The summed E-state index contributed by atoms with van der Waals surface area (Å²) in [5.74, 6) is 0. The monoisotopic (exact) mass is 177 g/mol. The van der Waals surface area contributed by atoms with E-state index in [-0.39, 0.29) is 6.04 Å². The molecular weight excluding hydrogens is 162 g/mol. The van der Waals surface area contributed by atoms with E-state index < -0.39 is 0 Å². The molecule has 1 unspecified atom stereocenters. The molecule has 0 aliphatic carbocycles. The Bertz CT molecular complexity index is 246. The number of carbonyl (C=O) groups excluding carboxylic acids is 1. The molecule has 0 saturated heterocycles. The average Bonchev–Trinajstić information content (AvgIpc) is 2.19. The van der Waals surface area contributed by atoms with Crippen LogP contribution in [0, 0.1) is 0 Å². The molecule has 0 saturated carbocycles. The molecular formula is C11H15NO. The molecule has 0 aliphatic heterocycles. The minimum atomic E-state index is 0.264. The fraction of sp³-hybridized carbons (Fsp3) is 0.364. The molecule has 1 atom stereocenters. The zero-order valence-corrected chi connectivity index (χ0v) is 7.86. The topological polar surface area (TPSA) is 29.1 Å². The highest BCUT2D eigenvalue weighted by atomic mass is 16.1. The van der Waals surface area contributed by atoms with Crippen LogP contribution in [-0.4, -0.2) is 12.5 Å². The lowest BCUT2D eigenvalue weighted by molar-refractivity contribution is -0.110. The number of hydrogen-bond donors (Lipinski definition) is 1. The first-order chi connectivity index (χ1) is 6.36. The third-order valence-corrected chi connectivity index (χ3v) is 2.12. The van der Waals surface area contributed by atoms with Gasteiger partial charge in [0, 0.05) is 6.04 Å². The molecule has 2 heteroatoms. The third-order valence-electron chi connectivity index (χ3n) is 2.12. The molecule has 1 amide bonds. The van der Waals surface area contributed by atoms with Gasteiger partial charge in [0.05, 0.1) is 0 Å². The van der Waals surface area contributed by atoms with E-state index in [4.69, 9.17) is 0 Å². The zero-order valence-electron chi connectivity index (χ0n) is 7.86. The van der Waals surface area contributed by atoms with Crippen LogP contribution in [0.4, 0.5) is 0 Å². The van der Waals surface area contributed by atoms with Gasteiger partial charge in [-0.3, -0.25) is 4.79 Å². The second-order valence-electron chi connectivity index (χ2n) is 3.08. The number of rotatable bonds is 5. The number of carbonyl (C=O) groups is 1. The Morgan fingerprint density at radius 1 is 1.38 bits per heavy atom. The molecule has 1 aromatic carbocycles. The van der Waals surface area contributed by atoms with Crippen LogP contribution < -0.4 is 5.32 Å². The van der Waals surface area contributed by atoms with Crippen molar-refractivity contribution < 1.29 is 4.79 Å². The number of amides is 1. The van der Waals surface area contributed by atoms with Crippen molar-refractivity contribution in [3.63, 3.8) is 0 Å². The lowest BCUT2D eigenvalue weighted by Gasteiger charge is -2.13. The van der Waals surface area contributed by atoms with E-state index in [9.17, 15) is 4.79 Å². The van der Waals surface area contributed by atoms with Gasteiger partial charge in [0.1, 0.15) is 0 Å². The van der Waals surface area contributed by atoms with Gasteiger partial charge in [0.15, 0.2) is 0 Å². The summed E-state index contributed by atoms with van der Waals surface area (Å²) >= 11 is 0. The summed E-state index contributed by atoms with van der Waals surface area (Å²) in [5, 5.41) is 2.80. The maximum Gasteiger partial charge on any atom is 0.207 e. The van der Waals surface area contributed by atoms with E-state index in [1.807, 2.05) is 18.2 Å². The van der Waals surface area contributed by atoms with Gasteiger partial charge >= 0.3 is 0 Å².